The Kier molecular flexibility index (Phi) is 3.81. The zero-order chi connectivity index (χ0) is 12.4. The van der Waals surface area contributed by atoms with Crippen molar-refractivity contribution in [2.75, 3.05) is 25.0 Å². The number of hydrogen-bond donors (Lipinski definition) is 0. The highest BCUT2D eigenvalue weighted by Gasteiger charge is 2.40. The van der Waals surface area contributed by atoms with Gasteiger partial charge >= 0.3 is 0 Å². The Balaban J connectivity index is 1.64. The average Bonchev–Trinajstić information content (AvgIpc) is 2.42. The summed E-state index contributed by atoms with van der Waals surface area (Å²) in [6.07, 6.45) is 11.9. The van der Waals surface area contributed by atoms with Crippen LogP contribution in [0.15, 0.2) is 23.5 Å². The molecular formula is C15H22BrNO. The van der Waals surface area contributed by atoms with Gasteiger partial charge in [-0.2, -0.15) is 0 Å². The number of likely N-dealkylation sites (tertiary alicyclic amines) is 1. The minimum absolute atomic E-state index is 0.156. The summed E-state index contributed by atoms with van der Waals surface area (Å²) in [6, 6.07) is 0. The second kappa shape index (κ2) is 5.38. The first-order valence-corrected chi connectivity index (χ1v) is 8.30. The highest BCUT2D eigenvalue weighted by atomic mass is 79.9. The predicted octanol–water partition coefficient (Wildman–Crippen LogP) is 3.63. The monoisotopic (exact) mass is 311 g/mol. The number of ether oxygens (including phenoxy) is 1. The van der Waals surface area contributed by atoms with Crippen LogP contribution in [0.2, 0.25) is 0 Å². The van der Waals surface area contributed by atoms with Crippen molar-refractivity contribution in [3.05, 3.63) is 23.5 Å². The Labute approximate surface area is 118 Å². The lowest BCUT2D eigenvalue weighted by Crippen LogP contribution is -2.48. The van der Waals surface area contributed by atoms with E-state index in [9.17, 15) is 0 Å². The SMILES string of the molecule is BrCCN1CCC2(CCC3=CCCC=C3O2)CC1. The molecule has 2 nitrogen and oxygen atoms in total. The largest absolute Gasteiger partial charge is 0.487 e. The molecule has 2 heterocycles. The van der Waals surface area contributed by atoms with E-state index in [1.54, 1.807) is 0 Å². The van der Waals surface area contributed by atoms with E-state index in [1.165, 1.54) is 63.1 Å². The lowest BCUT2D eigenvalue weighted by atomic mass is 9.81. The van der Waals surface area contributed by atoms with Crippen LogP contribution in [-0.2, 0) is 4.74 Å². The van der Waals surface area contributed by atoms with Gasteiger partial charge in [0.25, 0.3) is 0 Å². The first-order chi connectivity index (χ1) is 8.81. The lowest BCUT2D eigenvalue weighted by Gasteiger charge is -2.46. The summed E-state index contributed by atoms with van der Waals surface area (Å²) in [5.41, 5.74) is 1.62. The third-order valence-corrected chi connectivity index (χ3v) is 4.90. The number of halogens is 1. The van der Waals surface area contributed by atoms with Crippen LogP contribution in [0, 0.1) is 0 Å². The van der Waals surface area contributed by atoms with Gasteiger partial charge in [-0.1, -0.05) is 22.0 Å². The van der Waals surface area contributed by atoms with E-state index in [2.05, 4.69) is 33.0 Å². The van der Waals surface area contributed by atoms with E-state index in [1.807, 2.05) is 0 Å². The molecule has 0 radical (unpaired) electrons. The Bertz CT molecular complexity index is 367. The van der Waals surface area contributed by atoms with E-state index in [0.717, 1.165) is 11.8 Å². The van der Waals surface area contributed by atoms with Gasteiger partial charge in [0.1, 0.15) is 11.4 Å². The Morgan fingerprint density at radius 3 is 2.72 bits per heavy atom. The maximum atomic E-state index is 6.40. The molecular weight excluding hydrogens is 290 g/mol. The summed E-state index contributed by atoms with van der Waals surface area (Å²) in [6.45, 7) is 3.56. The Morgan fingerprint density at radius 2 is 1.94 bits per heavy atom. The number of piperidine rings is 1. The Hall–Kier alpha value is -0.280. The molecule has 1 spiro atoms. The van der Waals surface area contributed by atoms with Gasteiger partial charge in [-0.15, -0.1) is 0 Å². The summed E-state index contributed by atoms with van der Waals surface area (Å²) < 4.78 is 6.40. The molecule has 100 valence electrons. The number of alkyl halides is 1. The van der Waals surface area contributed by atoms with E-state index in [-0.39, 0.29) is 5.60 Å². The summed E-state index contributed by atoms with van der Waals surface area (Å²) in [5.74, 6) is 1.21. The van der Waals surface area contributed by atoms with Crippen molar-refractivity contribution in [2.24, 2.45) is 0 Å². The maximum Gasteiger partial charge on any atom is 0.119 e. The van der Waals surface area contributed by atoms with Gasteiger partial charge < -0.3 is 9.64 Å². The molecule has 0 bridgehead atoms. The van der Waals surface area contributed by atoms with Crippen LogP contribution in [0.4, 0.5) is 0 Å². The van der Waals surface area contributed by atoms with Crippen molar-refractivity contribution in [2.45, 2.75) is 44.1 Å². The van der Waals surface area contributed by atoms with Crippen LogP contribution in [0.5, 0.6) is 0 Å². The van der Waals surface area contributed by atoms with Crippen LogP contribution in [0.1, 0.15) is 38.5 Å². The third-order valence-electron chi connectivity index (χ3n) is 4.55. The summed E-state index contributed by atoms with van der Waals surface area (Å²) in [7, 11) is 0. The van der Waals surface area contributed by atoms with Gasteiger partial charge in [0, 0.05) is 25.0 Å². The van der Waals surface area contributed by atoms with Gasteiger partial charge in [0.05, 0.1) is 0 Å². The molecule has 0 unspecified atom stereocenters. The molecule has 0 aromatic rings. The molecule has 2 fully saturated rings. The van der Waals surface area contributed by atoms with Crippen molar-refractivity contribution >= 4 is 15.9 Å². The fraction of sp³-hybridized carbons (Fsp3) is 0.733. The molecule has 0 N–H and O–H groups in total. The zero-order valence-corrected chi connectivity index (χ0v) is 12.5. The average molecular weight is 312 g/mol. The first kappa shape index (κ1) is 12.7. The fourth-order valence-corrected chi connectivity index (χ4v) is 3.84. The summed E-state index contributed by atoms with van der Waals surface area (Å²) >= 11 is 3.53. The smallest absolute Gasteiger partial charge is 0.119 e. The number of fused-ring (bicyclic) bond motifs is 1. The van der Waals surface area contributed by atoms with Crippen LogP contribution in [0.25, 0.3) is 0 Å². The lowest BCUT2D eigenvalue weighted by molar-refractivity contribution is -0.0620. The van der Waals surface area contributed by atoms with Crippen LogP contribution < -0.4 is 0 Å². The number of rotatable bonds is 2. The van der Waals surface area contributed by atoms with Crippen molar-refractivity contribution in [1.82, 2.24) is 4.90 Å². The molecule has 2 saturated heterocycles. The van der Waals surface area contributed by atoms with Gasteiger partial charge in [0.15, 0.2) is 0 Å². The minimum atomic E-state index is 0.156. The summed E-state index contributed by atoms with van der Waals surface area (Å²) in [5, 5.41) is 1.08. The highest BCUT2D eigenvalue weighted by molar-refractivity contribution is 9.09. The maximum absolute atomic E-state index is 6.40. The molecule has 0 saturated carbocycles. The molecule has 3 rings (SSSR count). The molecule has 1 aliphatic carbocycles. The van der Waals surface area contributed by atoms with Crippen LogP contribution >= 0.6 is 15.9 Å². The van der Waals surface area contributed by atoms with Gasteiger partial charge in [-0.25, -0.2) is 0 Å². The quantitative estimate of drug-likeness (QED) is 0.722. The van der Waals surface area contributed by atoms with Gasteiger partial charge in [-0.3, -0.25) is 0 Å². The molecule has 0 atom stereocenters. The van der Waals surface area contributed by atoms with Crippen molar-refractivity contribution < 1.29 is 4.74 Å². The molecule has 3 heteroatoms. The number of nitrogens with zero attached hydrogens (tertiary/aromatic N) is 1. The predicted molar refractivity (Wildman–Crippen MR) is 77.9 cm³/mol. The molecule has 0 aromatic carbocycles. The first-order valence-electron chi connectivity index (χ1n) is 7.18. The van der Waals surface area contributed by atoms with E-state index in [4.69, 9.17) is 4.74 Å². The second-order valence-corrected chi connectivity index (χ2v) is 6.48. The molecule has 3 aliphatic rings. The summed E-state index contributed by atoms with van der Waals surface area (Å²) in [4.78, 5) is 2.55. The van der Waals surface area contributed by atoms with E-state index >= 15 is 0 Å². The standard InChI is InChI=1S/C15H22BrNO/c16-9-12-17-10-7-15(8-11-17)6-5-13-3-1-2-4-14(13)18-15/h3-4H,1-2,5-12H2. The van der Waals surface area contributed by atoms with Gasteiger partial charge in [0.2, 0.25) is 0 Å². The second-order valence-electron chi connectivity index (χ2n) is 5.69. The topological polar surface area (TPSA) is 12.5 Å². The number of hydrogen-bond acceptors (Lipinski definition) is 2. The van der Waals surface area contributed by atoms with E-state index < -0.39 is 0 Å². The van der Waals surface area contributed by atoms with Gasteiger partial charge in [-0.05, 0) is 50.2 Å². The van der Waals surface area contributed by atoms with E-state index in [0.29, 0.717) is 0 Å². The van der Waals surface area contributed by atoms with Crippen molar-refractivity contribution in [1.29, 1.82) is 0 Å². The number of allylic oxidation sites excluding steroid dienone is 3. The van der Waals surface area contributed by atoms with Crippen molar-refractivity contribution in [3.8, 4) is 0 Å². The Morgan fingerprint density at radius 1 is 1.17 bits per heavy atom. The zero-order valence-electron chi connectivity index (χ0n) is 11.0. The van der Waals surface area contributed by atoms with Crippen LogP contribution in [-0.4, -0.2) is 35.5 Å². The fourth-order valence-electron chi connectivity index (χ4n) is 3.34. The highest BCUT2D eigenvalue weighted by Crippen LogP contribution is 2.42. The molecule has 0 aromatic heterocycles. The third kappa shape index (κ3) is 2.53. The van der Waals surface area contributed by atoms with Crippen LogP contribution in [0.3, 0.4) is 0 Å². The normalized spacial score (nSPS) is 27.2. The minimum Gasteiger partial charge on any atom is -0.487 e. The van der Waals surface area contributed by atoms with Crippen molar-refractivity contribution in [3.63, 3.8) is 0 Å². The molecule has 2 aliphatic heterocycles. The molecule has 18 heavy (non-hydrogen) atoms. The molecule has 0 amide bonds.